The molecule has 22 heavy (non-hydrogen) atoms. The van der Waals surface area contributed by atoms with E-state index in [1.54, 1.807) is 36.4 Å². The summed E-state index contributed by atoms with van der Waals surface area (Å²) in [4.78, 5) is 4.15. The number of nitrogens with zero attached hydrogens (tertiary/aromatic N) is 2. The second-order valence-corrected chi connectivity index (χ2v) is 4.63. The monoisotopic (exact) mass is 290 g/mol. The molecular weight excluding hydrogens is 279 g/mol. The Morgan fingerprint density at radius 3 is 2.50 bits per heavy atom. The fraction of sp³-hybridized carbons (Fsp3) is 0. The molecule has 0 aliphatic carbocycles. The summed E-state index contributed by atoms with van der Waals surface area (Å²) >= 11 is 0. The molecule has 2 heterocycles. The van der Waals surface area contributed by atoms with Gasteiger partial charge in [0.25, 0.3) is 0 Å². The van der Waals surface area contributed by atoms with Gasteiger partial charge >= 0.3 is 0 Å². The SMILES string of the molecule is N#Cc1ccc(/C=C/c2ccc(-c3ccc(F)cc3)o2)nc1. The van der Waals surface area contributed by atoms with E-state index in [0.29, 0.717) is 17.1 Å². The Labute approximate surface area is 127 Å². The third kappa shape index (κ3) is 3.10. The van der Waals surface area contributed by atoms with Crippen molar-refractivity contribution in [3.05, 3.63) is 77.6 Å². The van der Waals surface area contributed by atoms with Crippen molar-refractivity contribution in [1.29, 1.82) is 5.26 Å². The summed E-state index contributed by atoms with van der Waals surface area (Å²) in [6, 6.07) is 15.3. The van der Waals surface area contributed by atoms with E-state index in [9.17, 15) is 4.39 Å². The van der Waals surface area contributed by atoms with E-state index in [1.165, 1.54) is 18.3 Å². The quantitative estimate of drug-likeness (QED) is 0.712. The molecular formula is C18H11FN2O. The van der Waals surface area contributed by atoms with Gasteiger partial charge in [-0.3, -0.25) is 4.98 Å². The van der Waals surface area contributed by atoms with Crippen molar-refractivity contribution in [3.63, 3.8) is 0 Å². The van der Waals surface area contributed by atoms with Gasteiger partial charge in [-0.1, -0.05) is 0 Å². The van der Waals surface area contributed by atoms with Crippen molar-refractivity contribution in [1.82, 2.24) is 4.98 Å². The second-order valence-electron chi connectivity index (χ2n) is 4.63. The van der Waals surface area contributed by atoms with Crippen LogP contribution in [-0.2, 0) is 0 Å². The maximum atomic E-state index is 12.9. The van der Waals surface area contributed by atoms with Crippen molar-refractivity contribution >= 4 is 12.2 Å². The second kappa shape index (κ2) is 6.06. The zero-order valence-electron chi connectivity index (χ0n) is 11.5. The number of benzene rings is 1. The predicted octanol–water partition coefficient (Wildman–Crippen LogP) is 4.52. The highest BCUT2D eigenvalue weighted by atomic mass is 19.1. The number of hydrogen-bond donors (Lipinski definition) is 0. The lowest BCUT2D eigenvalue weighted by molar-refractivity contribution is 0.571. The molecule has 0 spiro atoms. The molecule has 0 radical (unpaired) electrons. The molecule has 0 bridgehead atoms. The summed E-state index contributed by atoms with van der Waals surface area (Å²) in [5.74, 6) is 1.07. The molecule has 3 rings (SSSR count). The Morgan fingerprint density at radius 2 is 1.82 bits per heavy atom. The van der Waals surface area contributed by atoms with Crippen LogP contribution in [0, 0.1) is 17.1 Å². The van der Waals surface area contributed by atoms with Gasteiger partial charge in [0.05, 0.1) is 11.3 Å². The zero-order valence-corrected chi connectivity index (χ0v) is 11.5. The molecule has 2 aromatic heterocycles. The van der Waals surface area contributed by atoms with Gasteiger partial charge in [0.1, 0.15) is 23.4 Å². The molecule has 106 valence electrons. The first kappa shape index (κ1) is 13.8. The average molecular weight is 290 g/mol. The van der Waals surface area contributed by atoms with Gasteiger partial charge in [-0.2, -0.15) is 5.26 Å². The van der Waals surface area contributed by atoms with Crippen LogP contribution < -0.4 is 0 Å². The van der Waals surface area contributed by atoms with Gasteiger partial charge in [0.15, 0.2) is 0 Å². The topological polar surface area (TPSA) is 49.8 Å². The number of pyridine rings is 1. The normalized spacial score (nSPS) is 10.7. The number of aromatic nitrogens is 1. The van der Waals surface area contributed by atoms with E-state index in [0.717, 1.165) is 11.3 Å². The molecule has 0 atom stereocenters. The molecule has 1 aromatic carbocycles. The van der Waals surface area contributed by atoms with E-state index < -0.39 is 0 Å². The number of halogens is 1. The van der Waals surface area contributed by atoms with E-state index >= 15 is 0 Å². The van der Waals surface area contributed by atoms with Crippen molar-refractivity contribution in [3.8, 4) is 17.4 Å². The van der Waals surface area contributed by atoms with Crippen molar-refractivity contribution in [2.24, 2.45) is 0 Å². The maximum Gasteiger partial charge on any atom is 0.134 e. The molecule has 0 saturated carbocycles. The van der Waals surface area contributed by atoms with Gasteiger partial charge in [-0.25, -0.2) is 4.39 Å². The van der Waals surface area contributed by atoms with Crippen LogP contribution in [0.5, 0.6) is 0 Å². The van der Waals surface area contributed by atoms with Crippen molar-refractivity contribution in [2.45, 2.75) is 0 Å². The molecule has 0 N–H and O–H groups in total. The highest BCUT2D eigenvalue weighted by molar-refractivity contribution is 5.67. The first-order valence-corrected chi connectivity index (χ1v) is 6.64. The Kier molecular flexibility index (Phi) is 3.80. The van der Waals surface area contributed by atoms with Crippen LogP contribution in [0.2, 0.25) is 0 Å². The molecule has 0 aliphatic rings. The predicted molar refractivity (Wildman–Crippen MR) is 82.0 cm³/mol. The fourth-order valence-corrected chi connectivity index (χ4v) is 1.95. The van der Waals surface area contributed by atoms with Crippen LogP contribution in [0.3, 0.4) is 0 Å². The Bertz CT molecular complexity index is 840. The first-order chi connectivity index (χ1) is 10.7. The fourth-order valence-electron chi connectivity index (χ4n) is 1.95. The number of rotatable bonds is 3. The molecule has 3 nitrogen and oxygen atoms in total. The van der Waals surface area contributed by atoms with Crippen molar-refractivity contribution in [2.75, 3.05) is 0 Å². The number of nitriles is 1. The van der Waals surface area contributed by atoms with E-state index in [4.69, 9.17) is 9.68 Å². The minimum atomic E-state index is -0.276. The van der Waals surface area contributed by atoms with Crippen molar-refractivity contribution < 1.29 is 8.81 Å². The number of hydrogen-bond acceptors (Lipinski definition) is 3. The summed E-state index contributed by atoms with van der Waals surface area (Å²) in [7, 11) is 0. The molecule has 0 fully saturated rings. The average Bonchev–Trinajstić information content (AvgIpc) is 3.03. The number of furan rings is 1. The van der Waals surface area contributed by atoms with Gasteiger partial charge in [-0.15, -0.1) is 0 Å². The van der Waals surface area contributed by atoms with E-state index in [2.05, 4.69) is 4.98 Å². The minimum absolute atomic E-state index is 0.276. The zero-order chi connectivity index (χ0) is 15.4. The molecule has 0 aliphatic heterocycles. The van der Waals surface area contributed by atoms with Crippen LogP contribution >= 0.6 is 0 Å². The van der Waals surface area contributed by atoms with Crippen LogP contribution in [0.1, 0.15) is 17.0 Å². The lowest BCUT2D eigenvalue weighted by Crippen LogP contribution is -1.81. The van der Waals surface area contributed by atoms with Gasteiger partial charge in [0, 0.05) is 11.8 Å². The largest absolute Gasteiger partial charge is 0.457 e. The summed E-state index contributed by atoms with van der Waals surface area (Å²) in [6.07, 6.45) is 5.11. The third-order valence-electron chi connectivity index (χ3n) is 3.09. The smallest absolute Gasteiger partial charge is 0.134 e. The third-order valence-corrected chi connectivity index (χ3v) is 3.09. The summed E-state index contributed by atoms with van der Waals surface area (Å²) < 4.78 is 18.6. The van der Waals surface area contributed by atoms with Gasteiger partial charge in [-0.05, 0) is 60.7 Å². The van der Waals surface area contributed by atoms with Crippen LogP contribution in [0.15, 0.2) is 59.1 Å². The minimum Gasteiger partial charge on any atom is -0.457 e. The van der Waals surface area contributed by atoms with Gasteiger partial charge in [0.2, 0.25) is 0 Å². The van der Waals surface area contributed by atoms with Crippen LogP contribution in [0.4, 0.5) is 4.39 Å². The molecule has 0 saturated heterocycles. The molecule has 0 unspecified atom stereocenters. The van der Waals surface area contributed by atoms with Gasteiger partial charge < -0.3 is 4.42 Å². The van der Waals surface area contributed by atoms with E-state index in [-0.39, 0.29) is 5.82 Å². The Hall–Kier alpha value is -3.19. The maximum absolute atomic E-state index is 12.9. The lowest BCUT2D eigenvalue weighted by atomic mass is 10.2. The lowest BCUT2D eigenvalue weighted by Gasteiger charge is -1.96. The first-order valence-electron chi connectivity index (χ1n) is 6.64. The Morgan fingerprint density at radius 1 is 1.00 bits per heavy atom. The standard InChI is InChI=1S/C18H11FN2O/c19-15-4-2-14(3-5-15)18-10-9-17(22-18)8-7-16-6-1-13(11-20)12-21-16/h1-10,12H/b8-7+. The van der Waals surface area contributed by atoms with E-state index in [1.807, 2.05) is 18.2 Å². The molecule has 3 aromatic rings. The summed E-state index contributed by atoms with van der Waals surface area (Å²) in [5, 5.41) is 8.72. The Balaban J connectivity index is 1.77. The summed E-state index contributed by atoms with van der Waals surface area (Å²) in [6.45, 7) is 0. The summed E-state index contributed by atoms with van der Waals surface area (Å²) in [5.41, 5.74) is 2.07. The molecule has 4 heteroatoms. The highest BCUT2D eigenvalue weighted by Crippen LogP contribution is 2.23. The molecule has 0 amide bonds. The van der Waals surface area contributed by atoms with Crippen LogP contribution in [-0.4, -0.2) is 4.98 Å². The highest BCUT2D eigenvalue weighted by Gasteiger charge is 2.03. The van der Waals surface area contributed by atoms with Crippen LogP contribution in [0.25, 0.3) is 23.5 Å².